The Kier molecular flexibility index (Phi) is 0.424. The molecule has 10 aliphatic heterocycles. The molecule has 0 aromatic heterocycles. The zero-order valence-corrected chi connectivity index (χ0v) is 15.3. The van der Waals surface area contributed by atoms with E-state index >= 15 is 0 Å². The average molecular weight is 342 g/mol. The van der Waals surface area contributed by atoms with Crippen LogP contribution in [0.5, 0.6) is 0 Å². The van der Waals surface area contributed by atoms with E-state index in [1.807, 2.05) is 0 Å². The van der Waals surface area contributed by atoms with Crippen molar-refractivity contribution in [3.05, 3.63) is 0 Å². The van der Waals surface area contributed by atoms with E-state index in [9.17, 15) is 0 Å². The topological polar surface area (TPSA) is 0 Å². The standard InChI is InChI=1S/C14H22P.C5H5.Fe/c1-12(2)14(10-6-3-7-11-14)15-13-8-4-5-9-13;1-2-4-5-3-1;/h4-5,8-9,12,15H,3,6-7,10-11H2,1-2H3;1-5H;. The van der Waals surface area contributed by atoms with Crippen molar-refractivity contribution in [3.63, 3.8) is 0 Å². The molecule has 11 rings (SSSR count). The minimum absolute atomic E-state index is 0.857. The van der Waals surface area contributed by atoms with Crippen molar-refractivity contribution in [2.45, 2.75) is 98.5 Å². The van der Waals surface area contributed by atoms with Gasteiger partial charge < -0.3 is 0 Å². The Morgan fingerprint density at radius 3 is 1.67 bits per heavy atom. The van der Waals surface area contributed by atoms with Crippen molar-refractivity contribution >= 4 is 8.58 Å². The van der Waals surface area contributed by atoms with Crippen LogP contribution in [0.3, 0.4) is 0 Å². The first-order valence-corrected chi connectivity index (χ1v) is 17.2. The van der Waals surface area contributed by atoms with Crippen LogP contribution < -0.4 is 0 Å². The van der Waals surface area contributed by atoms with E-state index in [4.69, 9.17) is 0 Å². The summed E-state index contributed by atoms with van der Waals surface area (Å²) in [6, 6.07) is 0. The molecule has 0 amide bonds. The second-order valence-electron chi connectivity index (χ2n) is 13.7. The summed E-state index contributed by atoms with van der Waals surface area (Å²) in [5.41, 5.74) is 0. The molecule has 2 heteroatoms. The fraction of sp³-hybridized carbons (Fsp3) is 1.00. The van der Waals surface area contributed by atoms with Gasteiger partial charge >= 0.3 is 120 Å². The molecule has 10 heterocycles. The fourth-order valence-electron chi connectivity index (χ4n) is 18.9. The number of hydrogen-bond acceptors (Lipinski definition) is 0. The SMILES string of the molecule is CC(C)C1(P[C]23[CH]4[CH]5[CH]6[CH]2[Fe]56432789[CH]3[CH]2[CH]7[CH]8[CH]39)CCCCC1. The summed E-state index contributed by atoms with van der Waals surface area (Å²) in [6.07, 6.45) is 8.00. The molecule has 5 atom stereocenters. The van der Waals surface area contributed by atoms with Crippen LogP contribution in [-0.2, 0) is 6.51 Å². The summed E-state index contributed by atoms with van der Waals surface area (Å²) in [6.45, 7) is 2.46. The second-order valence-corrected chi connectivity index (χ2v) is 39.8. The summed E-state index contributed by atoms with van der Waals surface area (Å²) < 4.78 is 1.22. The summed E-state index contributed by atoms with van der Waals surface area (Å²) in [5, 5.41) is 0.857. The molecule has 5 unspecified atom stereocenters. The van der Waals surface area contributed by atoms with Gasteiger partial charge in [0, 0.05) is 0 Å². The maximum atomic E-state index is 2.61. The van der Waals surface area contributed by atoms with E-state index in [2.05, 4.69) is 13.8 Å². The molecule has 0 N–H and O–H groups in total. The van der Waals surface area contributed by atoms with E-state index < -0.39 is 6.51 Å². The molecule has 1 aliphatic carbocycles. The Balaban J connectivity index is 1.25. The van der Waals surface area contributed by atoms with Crippen molar-refractivity contribution in [1.29, 1.82) is 0 Å². The van der Waals surface area contributed by atoms with Gasteiger partial charge in [0.25, 0.3) is 0 Å². The maximum absolute atomic E-state index is 2.77. The minimum atomic E-state index is -2.77. The fourth-order valence-corrected chi connectivity index (χ4v) is 106. The van der Waals surface area contributed by atoms with Crippen molar-refractivity contribution in [1.82, 2.24) is 0 Å². The van der Waals surface area contributed by atoms with Gasteiger partial charge in [0.2, 0.25) is 0 Å². The molecule has 11 aliphatic rings. The molecule has 116 valence electrons. The van der Waals surface area contributed by atoms with Crippen molar-refractivity contribution < 1.29 is 6.51 Å². The Labute approximate surface area is 119 Å². The summed E-state index contributed by atoms with van der Waals surface area (Å²) in [4.78, 5) is 14.0. The van der Waals surface area contributed by atoms with E-state index in [1.54, 1.807) is 75.5 Å². The van der Waals surface area contributed by atoms with Crippen molar-refractivity contribution in [3.8, 4) is 0 Å². The predicted molar refractivity (Wildman–Crippen MR) is 85.5 cm³/mol. The Bertz CT molecular complexity index is 982. The average Bonchev–Trinajstić information content (AvgIpc) is 3.42. The molecule has 0 radical (unpaired) electrons. The van der Waals surface area contributed by atoms with E-state index in [0.29, 0.717) is 0 Å². The molecular weight excluding hydrogens is 315 g/mol. The summed E-state index contributed by atoms with van der Waals surface area (Å²) >= 11 is 0. The molecule has 21 heavy (non-hydrogen) atoms. The van der Waals surface area contributed by atoms with Crippen LogP contribution in [0.4, 0.5) is 0 Å². The van der Waals surface area contributed by atoms with Gasteiger partial charge in [-0.15, -0.1) is 0 Å². The predicted octanol–water partition coefficient (Wildman–Crippen LogP) is 6.32. The number of rotatable bonds is 3. The molecular formula is C19H27FeP. The quantitative estimate of drug-likeness (QED) is 0.416. The van der Waals surface area contributed by atoms with Gasteiger partial charge in [0.1, 0.15) is 0 Å². The zero-order valence-electron chi connectivity index (χ0n) is 13.2. The van der Waals surface area contributed by atoms with Gasteiger partial charge in [-0.2, -0.15) is 0 Å². The molecule has 1 saturated carbocycles. The Hall–Kier alpha value is 0.949. The third-order valence-electron chi connectivity index (χ3n) is 18.0. The second kappa shape index (κ2) is 0.945. The van der Waals surface area contributed by atoms with Gasteiger partial charge in [0.05, 0.1) is 0 Å². The third-order valence-corrected chi connectivity index (χ3v) is 67.3. The first-order valence-electron chi connectivity index (χ1n) is 9.91. The zero-order chi connectivity index (χ0) is 13.3. The Morgan fingerprint density at radius 1 is 0.810 bits per heavy atom. The summed E-state index contributed by atoms with van der Waals surface area (Å²) in [7, 11) is 1.50. The normalized spacial score (nSPS) is 107. The van der Waals surface area contributed by atoms with Crippen LogP contribution >= 0.6 is 8.58 Å². The first-order chi connectivity index (χ1) is 9.90. The summed E-state index contributed by atoms with van der Waals surface area (Å²) in [5.74, 6) is 0.997. The third kappa shape index (κ3) is 0.135. The molecule has 10 saturated heterocycles. The van der Waals surface area contributed by atoms with E-state index in [1.165, 1.54) is 12.6 Å². The van der Waals surface area contributed by atoms with Crippen molar-refractivity contribution in [2.24, 2.45) is 5.92 Å². The van der Waals surface area contributed by atoms with Crippen LogP contribution in [0.1, 0.15) is 46.0 Å². The number of fused-ring (bicyclic) bond motifs is 10. The van der Waals surface area contributed by atoms with Crippen LogP contribution in [0.15, 0.2) is 0 Å². The van der Waals surface area contributed by atoms with Crippen molar-refractivity contribution in [2.75, 3.05) is 0 Å². The monoisotopic (exact) mass is 342 g/mol. The van der Waals surface area contributed by atoms with E-state index in [-0.39, 0.29) is 0 Å². The van der Waals surface area contributed by atoms with Gasteiger partial charge in [-0.1, -0.05) is 0 Å². The first kappa shape index (κ1) is 9.44. The Morgan fingerprint density at radius 2 is 1.33 bits per heavy atom. The van der Waals surface area contributed by atoms with Crippen LogP contribution in [0.25, 0.3) is 0 Å². The van der Waals surface area contributed by atoms with Gasteiger partial charge in [0.15, 0.2) is 0 Å². The molecule has 0 bridgehead atoms. The van der Waals surface area contributed by atoms with Gasteiger partial charge in [-0.05, 0) is 0 Å². The molecule has 0 aromatic carbocycles. The van der Waals surface area contributed by atoms with Gasteiger partial charge in [-0.25, -0.2) is 0 Å². The molecule has 0 aromatic rings. The van der Waals surface area contributed by atoms with Crippen LogP contribution in [0, 0.1) is 5.92 Å². The number of hydrogen-bond donors (Lipinski definition) is 0. The molecule has 11 fully saturated rings. The van der Waals surface area contributed by atoms with Crippen LogP contribution in [-0.4, -0.2) is 9.21 Å². The van der Waals surface area contributed by atoms with Crippen LogP contribution in [0.2, 0.25) is 43.3 Å². The van der Waals surface area contributed by atoms with Gasteiger partial charge in [-0.3, -0.25) is 0 Å². The molecule has 0 nitrogen and oxygen atoms in total. The molecule has 1 spiro atoms. The van der Waals surface area contributed by atoms with E-state index in [0.717, 1.165) is 11.1 Å².